The molecular formula is C22H24N2O3. The minimum absolute atomic E-state index is 0.231. The van der Waals surface area contributed by atoms with E-state index in [1.165, 1.54) is 0 Å². The zero-order valence-electron chi connectivity index (χ0n) is 15.8. The fourth-order valence-corrected chi connectivity index (χ4v) is 2.60. The van der Waals surface area contributed by atoms with E-state index in [1.807, 2.05) is 50.3 Å². The Morgan fingerprint density at radius 3 is 2.59 bits per heavy atom. The third-order valence-electron chi connectivity index (χ3n) is 3.74. The highest BCUT2D eigenvalue weighted by Gasteiger charge is 2.12. The first kappa shape index (κ1) is 20.1. The Balaban J connectivity index is 2.18. The van der Waals surface area contributed by atoms with E-state index in [0.717, 1.165) is 22.4 Å². The Labute approximate surface area is 160 Å². The molecule has 0 bridgehead atoms. The molecule has 0 saturated heterocycles. The smallest absolute Gasteiger partial charge is 0.164 e. The van der Waals surface area contributed by atoms with E-state index in [-0.39, 0.29) is 6.61 Å². The van der Waals surface area contributed by atoms with Gasteiger partial charge in [-0.05, 0) is 38.5 Å². The number of nitriles is 1. The molecule has 0 N–H and O–H groups in total. The van der Waals surface area contributed by atoms with Gasteiger partial charge in [-0.25, -0.2) is 0 Å². The van der Waals surface area contributed by atoms with E-state index in [9.17, 15) is 0 Å². The van der Waals surface area contributed by atoms with Gasteiger partial charge in [-0.2, -0.15) is 5.26 Å². The number of oxime groups is 1. The van der Waals surface area contributed by atoms with Crippen molar-refractivity contribution in [2.45, 2.75) is 26.9 Å². The van der Waals surface area contributed by atoms with Crippen LogP contribution in [-0.4, -0.2) is 19.4 Å². The van der Waals surface area contributed by atoms with Crippen LogP contribution in [0.3, 0.4) is 0 Å². The third kappa shape index (κ3) is 5.61. The Morgan fingerprint density at radius 2 is 1.89 bits per heavy atom. The summed E-state index contributed by atoms with van der Waals surface area (Å²) in [6, 6.07) is 13.3. The van der Waals surface area contributed by atoms with Crippen molar-refractivity contribution in [3.05, 3.63) is 71.3 Å². The van der Waals surface area contributed by atoms with Crippen molar-refractivity contribution < 1.29 is 14.3 Å². The summed E-state index contributed by atoms with van der Waals surface area (Å²) in [6.45, 7) is 9.00. The highest BCUT2D eigenvalue weighted by molar-refractivity contribution is 5.81. The first-order chi connectivity index (χ1) is 13.2. The van der Waals surface area contributed by atoms with Gasteiger partial charge in [-0.3, -0.25) is 0 Å². The average Bonchev–Trinajstić information content (AvgIpc) is 2.68. The Hall–Kier alpha value is -3.26. The molecule has 0 unspecified atom stereocenters. The molecule has 2 aromatic rings. The van der Waals surface area contributed by atoms with Gasteiger partial charge in [0.1, 0.15) is 6.61 Å². The van der Waals surface area contributed by atoms with Crippen molar-refractivity contribution in [1.29, 1.82) is 5.26 Å². The molecular weight excluding hydrogens is 340 g/mol. The molecule has 140 valence electrons. The van der Waals surface area contributed by atoms with Crippen molar-refractivity contribution in [1.82, 2.24) is 0 Å². The highest BCUT2D eigenvalue weighted by atomic mass is 16.6. The van der Waals surface area contributed by atoms with Crippen LogP contribution in [0.25, 0.3) is 0 Å². The molecule has 2 aromatic carbocycles. The molecule has 0 saturated carbocycles. The van der Waals surface area contributed by atoms with E-state index in [2.05, 4.69) is 17.8 Å². The van der Waals surface area contributed by atoms with Crippen LogP contribution in [0.15, 0.2) is 54.2 Å². The zero-order valence-corrected chi connectivity index (χ0v) is 15.8. The van der Waals surface area contributed by atoms with Crippen LogP contribution in [0.2, 0.25) is 0 Å². The maximum Gasteiger partial charge on any atom is 0.164 e. The number of ether oxygens (including phenoxy) is 2. The minimum Gasteiger partial charge on any atom is -0.490 e. The van der Waals surface area contributed by atoms with E-state index in [0.29, 0.717) is 30.9 Å². The van der Waals surface area contributed by atoms with Crippen LogP contribution in [0, 0.1) is 11.3 Å². The molecule has 0 atom stereocenters. The van der Waals surface area contributed by atoms with E-state index in [1.54, 1.807) is 12.3 Å². The number of rotatable bonds is 10. The van der Waals surface area contributed by atoms with Crippen molar-refractivity contribution in [3.63, 3.8) is 0 Å². The molecule has 0 spiro atoms. The topological polar surface area (TPSA) is 63.8 Å². The Morgan fingerprint density at radius 1 is 1.11 bits per heavy atom. The molecule has 0 aliphatic rings. The maximum atomic E-state index is 9.11. The highest BCUT2D eigenvalue weighted by Crippen LogP contribution is 2.33. The number of hydrogen-bond acceptors (Lipinski definition) is 5. The standard InChI is InChI=1S/C22H24N2O3/c1-4-9-18-12-17(13-21(25-5-2)22(18)26-6-3)15-24-27-16-20-11-8-7-10-19(20)14-23/h4,7-8,10-13,15H,1,5-6,9,16H2,2-3H3/b24-15-. The third-order valence-corrected chi connectivity index (χ3v) is 3.74. The predicted octanol–water partition coefficient (Wildman–Crippen LogP) is 4.63. The quantitative estimate of drug-likeness (QED) is 0.350. The summed E-state index contributed by atoms with van der Waals surface area (Å²) in [5.74, 6) is 1.41. The molecule has 0 aromatic heterocycles. The summed E-state index contributed by atoms with van der Waals surface area (Å²) in [4.78, 5) is 5.37. The first-order valence-electron chi connectivity index (χ1n) is 8.90. The summed E-state index contributed by atoms with van der Waals surface area (Å²) in [5.41, 5.74) is 3.20. The van der Waals surface area contributed by atoms with Crippen LogP contribution in [0.5, 0.6) is 11.5 Å². The summed E-state index contributed by atoms with van der Waals surface area (Å²) < 4.78 is 11.5. The van der Waals surface area contributed by atoms with Gasteiger partial charge in [0.25, 0.3) is 0 Å². The molecule has 5 nitrogen and oxygen atoms in total. The monoisotopic (exact) mass is 364 g/mol. The molecule has 2 rings (SSSR count). The van der Waals surface area contributed by atoms with Crippen molar-refractivity contribution >= 4 is 6.21 Å². The molecule has 0 aliphatic heterocycles. The van der Waals surface area contributed by atoms with Gasteiger partial charge in [0.2, 0.25) is 0 Å². The van der Waals surface area contributed by atoms with Crippen LogP contribution in [-0.2, 0) is 17.9 Å². The number of allylic oxidation sites excluding steroid dienone is 1. The Bertz CT molecular complexity index is 838. The van der Waals surface area contributed by atoms with E-state index in [4.69, 9.17) is 19.6 Å². The van der Waals surface area contributed by atoms with Gasteiger partial charge in [-0.1, -0.05) is 29.4 Å². The molecule has 0 heterocycles. The van der Waals surface area contributed by atoms with Gasteiger partial charge in [0, 0.05) is 16.7 Å². The van der Waals surface area contributed by atoms with E-state index < -0.39 is 0 Å². The van der Waals surface area contributed by atoms with Gasteiger partial charge in [0.05, 0.1) is 31.1 Å². The van der Waals surface area contributed by atoms with Gasteiger partial charge in [0.15, 0.2) is 11.5 Å². The van der Waals surface area contributed by atoms with Crippen LogP contribution in [0.4, 0.5) is 0 Å². The van der Waals surface area contributed by atoms with Crippen LogP contribution in [0.1, 0.15) is 36.1 Å². The summed E-state index contributed by atoms with van der Waals surface area (Å²) >= 11 is 0. The second-order valence-corrected chi connectivity index (χ2v) is 5.64. The van der Waals surface area contributed by atoms with Crippen LogP contribution < -0.4 is 9.47 Å². The molecule has 0 radical (unpaired) electrons. The van der Waals surface area contributed by atoms with Gasteiger partial charge >= 0.3 is 0 Å². The SMILES string of the molecule is C=CCc1cc(/C=N\OCc2ccccc2C#N)cc(OCC)c1OCC. The second kappa shape index (κ2) is 10.7. The summed E-state index contributed by atoms with van der Waals surface area (Å²) in [6.07, 6.45) is 4.11. The average molecular weight is 364 g/mol. The Kier molecular flexibility index (Phi) is 7.92. The van der Waals surface area contributed by atoms with Gasteiger partial charge < -0.3 is 14.3 Å². The van der Waals surface area contributed by atoms with E-state index >= 15 is 0 Å². The van der Waals surface area contributed by atoms with Crippen LogP contribution >= 0.6 is 0 Å². The lowest BCUT2D eigenvalue weighted by Gasteiger charge is -2.15. The van der Waals surface area contributed by atoms with Crippen molar-refractivity contribution in [2.75, 3.05) is 13.2 Å². The lowest BCUT2D eigenvalue weighted by molar-refractivity contribution is 0.132. The second-order valence-electron chi connectivity index (χ2n) is 5.64. The zero-order chi connectivity index (χ0) is 19.5. The van der Waals surface area contributed by atoms with Crippen molar-refractivity contribution in [2.24, 2.45) is 5.16 Å². The number of hydrogen-bond donors (Lipinski definition) is 0. The minimum atomic E-state index is 0.231. The molecule has 5 heteroatoms. The fraction of sp³-hybridized carbons (Fsp3) is 0.273. The predicted molar refractivity (Wildman–Crippen MR) is 106 cm³/mol. The largest absolute Gasteiger partial charge is 0.490 e. The number of benzene rings is 2. The molecule has 0 fully saturated rings. The van der Waals surface area contributed by atoms with Gasteiger partial charge in [-0.15, -0.1) is 6.58 Å². The first-order valence-corrected chi connectivity index (χ1v) is 8.90. The summed E-state index contributed by atoms with van der Waals surface area (Å²) in [7, 11) is 0. The number of nitrogens with zero attached hydrogens (tertiary/aromatic N) is 2. The maximum absolute atomic E-state index is 9.11. The summed E-state index contributed by atoms with van der Waals surface area (Å²) in [5, 5.41) is 13.1. The molecule has 0 aliphatic carbocycles. The molecule has 27 heavy (non-hydrogen) atoms. The molecule has 0 amide bonds. The van der Waals surface area contributed by atoms with Crippen molar-refractivity contribution in [3.8, 4) is 17.6 Å². The lowest BCUT2D eigenvalue weighted by atomic mass is 10.1. The fourth-order valence-electron chi connectivity index (χ4n) is 2.60. The normalized spacial score (nSPS) is 10.4. The lowest BCUT2D eigenvalue weighted by Crippen LogP contribution is -2.03.